The highest BCUT2D eigenvalue weighted by atomic mass is 127. The van der Waals surface area contributed by atoms with Crippen molar-refractivity contribution in [1.82, 2.24) is 10.6 Å². The van der Waals surface area contributed by atoms with Crippen molar-refractivity contribution in [2.24, 2.45) is 4.99 Å². The van der Waals surface area contributed by atoms with Crippen LogP contribution >= 0.6 is 24.0 Å². The number of ether oxygens (including phenoxy) is 1. The van der Waals surface area contributed by atoms with Gasteiger partial charge in [-0.2, -0.15) is 0 Å². The molecule has 5 nitrogen and oxygen atoms in total. The Morgan fingerprint density at radius 3 is 2.59 bits per heavy atom. The lowest BCUT2D eigenvalue weighted by Crippen LogP contribution is -2.38. The van der Waals surface area contributed by atoms with Gasteiger partial charge >= 0.3 is 5.97 Å². The average Bonchev–Trinajstić information content (AvgIpc) is 2.52. The van der Waals surface area contributed by atoms with Crippen molar-refractivity contribution in [1.29, 1.82) is 0 Å². The Labute approximate surface area is 149 Å². The lowest BCUT2D eigenvalue weighted by molar-refractivity contribution is -0.140. The Bertz CT molecular complexity index is 438. The van der Waals surface area contributed by atoms with Crippen LogP contribution in [0, 0.1) is 0 Å². The fraction of sp³-hybridized carbons (Fsp3) is 0.500. The number of halogens is 1. The van der Waals surface area contributed by atoms with E-state index >= 15 is 0 Å². The van der Waals surface area contributed by atoms with Gasteiger partial charge in [-0.3, -0.25) is 9.79 Å². The van der Waals surface area contributed by atoms with Gasteiger partial charge in [-0.1, -0.05) is 30.3 Å². The molecule has 0 amide bonds. The molecule has 1 aromatic carbocycles. The Kier molecular flexibility index (Phi) is 12.6. The number of nitrogens with zero attached hydrogens (tertiary/aromatic N) is 1. The molecule has 6 heteroatoms. The van der Waals surface area contributed by atoms with Gasteiger partial charge in [0.05, 0.1) is 13.5 Å². The van der Waals surface area contributed by atoms with Crippen molar-refractivity contribution in [3.8, 4) is 0 Å². The van der Waals surface area contributed by atoms with Crippen molar-refractivity contribution in [3.63, 3.8) is 0 Å². The monoisotopic (exact) mass is 419 g/mol. The van der Waals surface area contributed by atoms with E-state index in [0.717, 1.165) is 31.9 Å². The maximum Gasteiger partial charge on any atom is 0.307 e. The van der Waals surface area contributed by atoms with Crippen molar-refractivity contribution in [2.45, 2.75) is 26.2 Å². The van der Waals surface area contributed by atoms with Crippen LogP contribution < -0.4 is 10.6 Å². The zero-order chi connectivity index (χ0) is 15.3. The first kappa shape index (κ1) is 20.7. The summed E-state index contributed by atoms with van der Waals surface area (Å²) in [6.45, 7) is 4.09. The minimum absolute atomic E-state index is 0. The van der Waals surface area contributed by atoms with E-state index in [9.17, 15) is 4.79 Å². The summed E-state index contributed by atoms with van der Waals surface area (Å²) in [5, 5.41) is 6.28. The summed E-state index contributed by atoms with van der Waals surface area (Å²) in [5.41, 5.74) is 1.33. The number of rotatable bonds is 8. The first-order valence-corrected chi connectivity index (χ1v) is 7.39. The molecule has 0 heterocycles. The number of aryl methyl sites for hydroxylation is 1. The summed E-state index contributed by atoms with van der Waals surface area (Å²) in [4.78, 5) is 15.5. The molecule has 0 atom stereocenters. The number of carbonyl (C=O) groups is 1. The number of esters is 1. The zero-order valence-electron chi connectivity index (χ0n) is 13.3. The molecule has 0 saturated carbocycles. The molecule has 124 valence electrons. The second-order valence-corrected chi connectivity index (χ2v) is 4.60. The fourth-order valence-corrected chi connectivity index (χ4v) is 1.85. The maximum absolute atomic E-state index is 11.0. The normalized spacial score (nSPS) is 10.5. The topological polar surface area (TPSA) is 62.7 Å². The van der Waals surface area contributed by atoms with Crippen LogP contribution in [0.5, 0.6) is 0 Å². The molecule has 22 heavy (non-hydrogen) atoms. The number of benzene rings is 1. The molecule has 0 aliphatic rings. The second kappa shape index (κ2) is 13.4. The van der Waals surface area contributed by atoms with Gasteiger partial charge in [-0.05, 0) is 25.3 Å². The second-order valence-electron chi connectivity index (χ2n) is 4.60. The van der Waals surface area contributed by atoms with E-state index in [0.29, 0.717) is 13.0 Å². The molecule has 0 saturated heterocycles. The summed E-state index contributed by atoms with van der Waals surface area (Å²) in [5.74, 6) is 0.525. The van der Waals surface area contributed by atoms with E-state index in [4.69, 9.17) is 0 Å². The van der Waals surface area contributed by atoms with E-state index in [-0.39, 0.29) is 29.9 Å². The molecule has 0 unspecified atom stereocenters. The summed E-state index contributed by atoms with van der Waals surface area (Å²) in [7, 11) is 1.39. The van der Waals surface area contributed by atoms with Crippen molar-refractivity contribution >= 4 is 35.9 Å². The number of hydrogen-bond donors (Lipinski definition) is 2. The molecule has 0 fully saturated rings. The van der Waals surface area contributed by atoms with Gasteiger partial charge in [-0.15, -0.1) is 24.0 Å². The molecule has 0 spiro atoms. The van der Waals surface area contributed by atoms with Crippen LogP contribution in [-0.4, -0.2) is 38.7 Å². The first-order valence-electron chi connectivity index (χ1n) is 7.39. The van der Waals surface area contributed by atoms with E-state index in [1.165, 1.54) is 12.7 Å². The SMILES string of the molecule is CCNC(=NCCCc1ccccc1)NCCC(=O)OC.I. The summed E-state index contributed by atoms with van der Waals surface area (Å²) in [6.07, 6.45) is 2.36. The van der Waals surface area contributed by atoms with Crippen LogP contribution in [-0.2, 0) is 16.0 Å². The van der Waals surface area contributed by atoms with E-state index < -0.39 is 0 Å². The summed E-state index contributed by atoms with van der Waals surface area (Å²) < 4.78 is 4.60. The molecule has 0 bridgehead atoms. The largest absolute Gasteiger partial charge is 0.469 e. The number of nitrogens with one attached hydrogen (secondary N) is 2. The third-order valence-electron chi connectivity index (χ3n) is 2.93. The van der Waals surface area contributed by atoms with Gasteiger partial charge in [-0.25, -0.2) is 0 Å². The molecule has 0 aromatic heterocycles. The highest BCUT2D eigenvalue weighted by molar-refractivity contribution is 14.0. The molecule has 1 rings (SSSR count). The fourth-order valence-electron chi connectivity index (χ4n) is 1.85. The Hall–Kier alpha value is -1.31. The first-order chi connectivity index (χ1) is 10.3. The molecule has 0 radical (unpaired) electrons. The third kappa shape index (κ3) is 9.59. The zero-order valence-corrected chi connectivity index (χ0v) is 15.6. The van der Waals surface area contributed by atoms with Crippen LogP contribution in [0.4, 0.5) is 0 Å². The van der Waals surface area contributed by atoms with Crippen LogP contribution in [0.15, 0.2) is 35.3 Å². The highest BCUT2D eigenvalue weighted by Gasteiger charge is 2.01. The molecule has 0 aliphatic heterocycles. The van der Waals surface area contributed by atoms with E-state index in [1.807, 2.05) is 13.0 Å². The minimum Gasteiger partial charge on any atom is -0.469 e. The minimum atomic E-state index is -0.220. The van der Waals surface area contributed by atoms with Crippen molar-refractivity contribution in [3.05, 3.63) is 35.9 Å². The molecule has 1 aromatic rings. The highest BCUT2D eigenvalue weighted by Crippen LogP contribution is 2.02. The summed E-state index contributed by atoms with van der Waals surface area (Å²) in [6, 6.07) is 10.4. The van der Waals surface area contributed by atoms with Crippen molar-refractivity contribution in [2.75, 3.05) is 26.7 Å². The molecule has 0 aliphatic carbocycles. The van der Waals surface area contributed by atoms with Gasteiger partial charge in [0.25, 0.3) is 0 Å². The van der Waals surface area contributed by atoms with Gasteiger partial charge in [0.2, 0.25) is 0 Å². The molecule has 2 N–H and O–H groups in total. The van der Waals surface area contributed by atoms with Crippen LogP contribution in [0.25, 0.3) is 0 Å². The van der Waals surface area contributed by atoms with Crippen LogP contribution in [0.3, 0.4) is 0 Å². The van der Waals surface area contributed by atoms with Gasteiger partial charge in [0.15, 0.2) is 5.96 Å². The van der Waals surface area contributed by atoms with Gasteiger partial charge in [0, 0.05) is 19.6 Å². The Balaban J connectivity index is 0.00000441. The molecular weight excluding hydrogens is 393 g/mol. The van der Waals surface area contributed by atoms with Gasteiger partial charge < -0.3 is 15.4 Å². The lowest BCUT2D eigenvalue weighted by atomic mass is 10.1. The smallest absolute Gasteiger partial charge is 0.307 e. The Morgan fingerprint density at radius 1 is 1.23 bits per heavy atom. The number of guanidine groups is 1. The quantitative estimate of drug-likeness (QED) is 0.223. The lowest BCUT2D eigenvalue weighted by Gasteiger charge is -2.10. The maximum atomic E-state index is 11.0. The predicted molar refractivity (Wildman–Crippen MR) is 101 cm³/mol. The van der Waals surface area contributed by atoms with Crippen LogP contribution in [0.2, 0.25) is 0 Å². The van der Waals surface area contributed by atoms with E-state index in [1.54, 1.807) is 0 Å². The van der Waals surface area contributed by atoms with Crippen molar-refractivity contribution < 1.29 is 9.53 Å². The predicted octanol–water partition coefficient (Wildman–Crippen LogP) is 2.36. The van der Waals surface area contributed by atoms with E-state index in [2.05, 4.69) is 44.6 Å². The molecular formula is C16H26IN3O2. The number of aliphatic imine (C=N–C) groups is 1. The number of methoxy groups -OCH3 is 1. The van der Waals surface area contributed by atoms with Gasteiger partial charge in [0.1, 0.15) is 0 Å². The average molecular weight is 419 g/mol. The third-order valence-corrected chi connectivity index (χ3v) is 2.93. The standard InChI is InChI=1S/C16H25N3O2.HI/c1-3-17-16(19-13-11-15(20)21-2)18-12-7-10-14-8-5-4-6-9-14;/h4-6,8-9H,3,7,10-13H2,1-2H3,(H2,17,18,19);1H. The Morgan fingerprint density at radius 2 is 1.95 bits per heavy atom. The summed E-state index contributed by atoms with van der Waals surface area (Å²) >= 11 is 0. The number of carbonyl (C=O) groups excluding carboxylic acids is 1. The number of hydrogen-bond acceptors (Lipinski definition) is 3. The van der Waals surface area contributed by atoms with Crippen LogP contribution in [0.1, 0.15) is 25.3 Å².